The molecule has 0 spiro atoms. The molecular weight excluding hydrogens is 329 g/mol. The van der Waals surface area contributed by atoms with Crippen molar-refractivity contribution in [3.8, 4) is 0 Å². The van der Waals surface area contributed by atoms with E-state index >= 15 is 0 Å². The Hall–Kier alpha value is -1.35. The summed E-state index contributed by atoms with van der Waals surface area (Å²) in [6, 6.07) is 0.580. The number of carbonyl (C=O) groups is 2. The molecule has 0 aromatic carbocycles. The van der Waals surface area contributed by atoms with Gasteiger partial charge in [-0.15, -0.1) is 0 Å². The molecule has 2 heterocycles. The zero-order valence-electron chi connectivity index (χ0n) is 13.5. The van der Waals surface area contributed by atoms with Gasteiger partial charge in [-0.2, -0.15) is 13.2 Å². The Balaban J connectivity index is 0.000000256. The number of likely N-dealkylation sites (tertiary alicyclic amines) is 1. The van der Waals surface area contributed by atoms with Crippen LogP contribution in [0.5, 0.6) is 0 Å². The molecule has 2 saturated heterocycles. The predicted octanol–water partition coefficient (Wildman–Crippen LogP) is 1.26. The van der Waals surface area contributed by atoms with E-state index in [-0.39, 0.29) is 11.8 Å². The molecule has 1 saturated carbocycles. The standard InChI is InChI=1S/C13H22N2O2.C2HF3O2/c1-14-13(16)10-6-12-11(4-5-17-12)15(8-10)7-9-2-3-9;3-2(4,5)1(6)7/h9-12H,2-8H2,1H3,(H,14,16);(H,6,7)/t10-,11+,12+;/m0./s1. The van der Waals surface area contributed by atoms with E-state index in [1.165, 1.54) is 19.4 Å². The lowest BCUT2D eigenvalue weighted by Crippen LogP contribution is -2.53. The summed E-state index contributed by atoms with van der Waals surface area (Å²) in [5.41, 5.74) is 0. The minimum atomic E-state index is -5.08. The van der Waals surface area contributed by atoms with E-state index in [2.05, 4.69) is 10.2 Å². The normalized spacial score (nSPS) is 30.1. The molecule has 3 rings (SSSR count). The molecular formula is C15H23F3N2O4. The molecule has 2 N–H and O–H groups in total. The highest BCUT2D eigenvalue weighted by Crippen LogP contribution is 2.36. The topological polar surface area (TPSA) is 78.9 Å². The first-order valence-electron chi connectivity index (χ1n) is 8.09. The van der Waals surface area contributed by atoms with E-state index < -0.39 is 12.1 Å². The fourth-order valence-electron chi connectivity index (χ4n) is 3.29. The van der Waals surface area contributed by atoms with Gasteiger partial charge >= 0.3 is 12.1 Å². The van der Waals surface area contributed by atoms with E-state index in [0.717, 1.165) is 31.9 Å². The Morgan fingerprint density at radius 1 is 1.29 bits per heavy atom. The molecule has 0 radical (unpaired) electrons. The second kappa shape index (κ2) is 7.69. The minimum Gasteiger partial charge on any atom is -0.475 e. The Bertz CT molecular complexity index is 468. The number of nitrogens with one attached hydrogen (secondary N) is 1. The van der Waals surface area contributed by atoms with Gasteiger partial charge in [-0.1, -0.05) is 0 Å². The van der Waals surface area contributed by atoms with Gasteiger partial charge in [0.15, 0.2) is 0 Å². The van der Waals surface area contributed by atoms with E-state index in [9.17, 15) is 18.0 Å². The summed E-state index contributed by atoms with van der Waals surface area (Å²) >= 11 is 0. The van der Waals surface area contributed by atoms with Gasteiger partial charge in [-0.05, 0) is 31.6 Å². The number of carboxylic acids is 1. The van der Waals surface area contributed by atoms with Crippen molar-refractivity contribution in [1.82, 2.24) is 10.2 Å². The molecule has 0 aromatic rings. The van der Waals surface area contributed by atoms with Crippen molar-refractivity contribution in [1.29, 1.82) is 0 Å². The van der Waals surface area contributed by atoms with Gasteiger partial charge in [0.05, 0.1) is 12.0 Å². The number of aliphatic carboxylic acids is 1. The molecule has 24 heavy (non-hydrogen) atoms. The van der Waals surface area contributed by atoms with Crippen molar-refractivity contribution in [3.63, 3.8) is 0 Å². The van der Waals surface area contributed by atoms with Crippen molar-refractivity contribution in [2.45, 2.75) is 44.0 Å². The molecule has 6 nitrogen and oxygen atoms in total. The second-order valence-corrected chi connectivity index (χ2v) is 6.51. The molecule has 1 aliphatic carbocycles. The molecule has 138 valence electrons. The molecule has 0 aromatic heterocycles. The Labute approximate surface area is 138 Å². The summed E-state index contributed by atoms with van der Waals surface area (Å²) in [4.78, 5) is 23.2. The highest BCUT2D eigenvalue weighted by atomic mass is 19.4. The van der Waals surface area contributed by atoms with Crippen LogP contribution in [-0.2, 0) is 14.3 Å². The van der Waals surface area contributed by atoms with Crippen LogP contribution >= 0.6 is 0 Å². The molecule has 3 atom stereocenters. The van der Waals surface area contributed by atoms with Crippen LogP contribution in [0.3, 0.4) is 0 Å². The molecule has 0 bridgehead atoms. The van der Waals surface area contributed by atoms with Crippen LogP contribution in [0.15, 0.2) is 0 Å². The van der Waals surface area contributed by atoms with Gasteiger partial charge in [0.1, 0.15) is 0 Å². The van der Waals surface area contributed by atoms with Gasteiger partial charge in [-0.25, -0.2) is 4.79 Å². The Kier molecular flexibility index (Phi) is 6.08. The number of nitrogens with zero attached hydrogens (tertiary/aromatic N) is 1. The zero-order valence-corrected chi connectivity index (χ0v) is 13.5. The third kappa shape index (κ3) is 5.07. The van der Waals surface area contributed by atoms with E-state index in [0.29, 0.717) is 12.1 Å². The number of hydrogen-bond donors (Lipinski definition) is 2. The van der Waals surface area contributed by atoms with Crippen molar-refractivity contribution in [2.75, 3.05) is 26.7 Å². The zero-order chi connectivity index (χ0) is 17.9. The fraction of sp³-hybridized carbons (Fsp3) is 0.867. The summed E-state index contributed by atoms with van der Waals surface area (Å²) in [7, 11) is 1.73. The molecule has 2 aliphatic heterocycles. The van der Waals surface area contributed by atoms with Gasteiger partial charge in [-0.3, -0.25) is 9.69 Å². The van der Waals surface area contributed by atoms with Crippen LogP contribution in [0.1, 0.15) is 25.7 Å². The summed E-state index contributed by atoms with van der Waals surface area (Å²) < 4.78 is 37.5. The number of amides is 1. The smallest absolute Gasteiger partial charge is 0.475 e. The molecule has 3 aliphatic rings. The number of piperidine rings is 1. The number of halogens is 3. The van der Waals surface area contributed by atoms with Crippen LogP contribution in [0.25, 0.3) is 0 Å². The first kappa shape index (κ1) is 19.0. The number of hydrogen-bond acceptors (Lipinski definition) is 4. The number of alkyl halides is 3. The third-order valence-corrected chi connectivity index (χ3v) is 4.66. The number of ether oxygens (including phenoxy) is 1. The average molecular weight is 352 g/mol. The fourth-order valence-corrected chi connectivity index (χ4v) is 3.29. The predicted molar refractivity (Wildman–Crippen MR) is 78.3 cm³/mol. The molecule has 1 amide bonds. The maximum Gasteiger partial charge on any atom is 0.490 e. The Morgan fingerprint density at radius 3 is 2.42 bits per heavy atom. The average Bonchev–Trinajstić information content (AvgIpc) is 3.19. The van der Waals surface area contributed by atoms with Crippen molar-refractivity contribution < 1.29 is 32.6 Å². The van der Waals surface area contributed by atoms with Crippen LogP contribution in [0.4, 0.5) is 13.2 Å². The highest BCUT2D eigenvalue weighted by Gasteiger charge is 2.43. The minimum absolute atomic E-state index is 0.123. The van der Waals surface area contributed by atoms with Gasteiger partial charge in [0.25, 0.3) is 0 Å². The first-order chi connectivity index (χ1) is 11.2. The van der Waals surface area contributed by atoms with Crippen molar-refractivity contribution >= 4 is 11.9 Å². The van der Waals surface area contributed by atoms with Gasteiger partial charge in [0.2, 0.25) is 5.91 Å². The number of rotatable bonds is 3. The van der Waals surface area contributed by atoms with Gasteiger partial charge < -0.3 is 15.2 Å². The molecule has 9 heteroatoms. The summed E-state index contributed by atoms with van der Waals surface area (Å²) in [6.07, 6.45) is 0.0204. The monoisotopic (exact) mass is 352 g/mol. The van der Waals surface area contributed by atoms with E-state index in [4.69, 9.17) is 14.6 Å². The lowest BCUT2D eigenvalue weighted by atomic mass is 9.89. The van der Waals surface area contributed by atoms with Gasteiger partial charge in [0, 0.05) is 32.8 Å². The lowest BCUT2D eigenvalue weighted by Gasteiger charge is -2.40. The van der Waals surface area contributed by atoms with E-state index in [1.54, 1.807) is 7.05 Å². The second-order valence-electron chi connectivity index (χ2n) is 6.51. The maximum absolute atomic E-state index is 11.8. The summed E-state index contributed by atoms with van der Waals surface area (Å²) in [5, 5.41) is 9.91. The van der Waals surface area contributed by atoms with Crippen LogP contribution in [0.2, 0.25) is 0 Å². The quantitative estimate of drug-likeness (QED) is 0.799. The largest absolute Gasteiger partial charge is 0.490 e. The van der Waals surface area contributed by atoms with Crippen LogP contribution < -0.4 is 5.32 Å². The molecule has 3 fully saturated rings. The molecule has 0 unspecified atom stereocenters. The van der Waals surface area contributed by atoms with Crippen LogP contribution in [-0.4, -0.2) is 66.9 Å². The Morgan fingerprint density at radius 2 is 1.92 bits per heavy atom. The number of carbonyl (C=O) groups excluding carboxylic acids is 1. The van der Waals surface area contributed by atoms with Crippen LogP contribution in [0, 0.1) is 11.8 Å². The third-order valence-electron chi connectivity index (χ3n) is 4.66. The summed E-state index contributed by atoms with van der Waals surface area (Å²) in [5.74, 6) is -1.56. The lowest BCUT2D eigenvalue weighted by molar-refractivity contribution is -0.192. The number of carboxylic acid groups (broad SMARTS) is 1. The maximum atomic E-state index is 11.8. The summed E-state index contributed by atoms with van der Waals surface area (Å²) in [6.45, 7) is 2.98. The van der Waals surface area contributed by atoms with E-state index in [1.807, 2.05) is 0 Å². The number of fused-ring (bicyclic) bond motifs is 1. The van der Waals surface area contributed by atoms with Crippen molar-refractivity contribution in [3.05, 3.63) is 0 Å². The SMILES string of the molecule is CNC(=O)[C@H]1C[C@H]2OCC[C@H]2N(CC2CC2)C1.O=C(O)C(F)(F)F. The van der Waals surface area contributed by atoms with Crippen molar-refractivity contribution in [2.24, 2.45) is 11.8 Å². The highest BCUT2D eigenvalue weighted by molar-refractivity contribution is 5.78. The first-order valence-corrected chi connectivity index (χ1v) is 8.09.